The van der Waals surface area contributed by atoms with Gasteiger partial charge in [0.05, 0.1) is 0 Å². The Bertz CT molecular complexity index is 875. The van der Waals surface area contributed by atoms with E-state index in [9.17, 15) is 14.4 Å². The van der Waals surface area contributed by atoms with E-state index in [1.54, 1.807) is 54.6 Å². The van der Waals surface area contributed by atoms with Gasteiger partial charge in [0.15, 0.2) is 0 Å². The molecule has 0 aliphatic heterocycles. The first kappa shape index (κ1) is 19.8. The van der Waals surface area contributed by atoms with Crippen molar-refractivity contribution in [3.8, 4) is 0 Å². The second kappa shape index (κ2) is 7.58. The summed E-state index contributed by atoms with van der Waals surface area (Å²) in [6.07, 6.45) is 1.99. The van der Waals surface area contributed by atoms with Crippen LogP contribution >= 0.6 is 0 Å². The Morgan fingerprint density at radius 3 is 1.86 bits per heavy atom. The van der Waals surface area contributed by atoms with Gasteiger partial charge >= 0.3 is 6.09 Å². The van der Waals surface area contributed by atoms with Crippen LogP contribution in [0.5, 0.6) is 0 Å². The molecule has 0 atom stereocenters. The van der Waals surface area contributed by atoms with Crippen LogP contribution in [0.1, 0.15) is 66.3 Å². The number of Topliss-reactive ketones (excluding diaryl/α,β-unsaturated/α-hetero) is 2. The Morgan fingerprint density at radius 2 is 1.39 bits per heavy atom. The number of carbonyl (C=O) groups is 3. The highest BCUT2D eigenvalue weighted by Crippen LogP contribution is 2.45. The number of amides is 1. The zero-order valence-corrected chi connectivity index (χ0v) is 16.5. The lowest BCUT2D eigenvalue weighted by Gasteiger charge is -2.42. The molecule has 0 unspecified atom stereocenters. The van der Waals surface area contributed by atoms with Crippen LogP contribution in [0.3, 0.4) is 0 Å². The van der Waals surface area contributed by atoms with Crippen LogP contribution in [-0.4, -0.2) is 23.2 Å². The molecule has 3 rings (SSSR count). The van der Waals surface area contributed by atoms with Crippen LogP contribution < -0.4 is 5.32 Å². The third kappa shape index (κ3) is 4.30. The zero-order valence-electron chi connectivity index (χ0n) is 16.5. The van der Waals surface area contributed by atoms with Gasteiger partial charge in [-0.3, -0.25) is 9.59 Å². The number of carbonyl (C=O) groups excluding carboxylic acids is 3. The van der Waals surface area contributed by atoms with Crippen LogP contribution in [0.25, 0.3) is 0 Å². The van der Waals surface area contributed by atoms with Crippen molar-refractivity contribution in [3.05, 3.63) is 71.3 Å². The van der Waals surface area contributed by atoms with Crippen LogP contribution in [-0.2, 0) is 10.3 Å². The van der Waals surface area contributed by atoms with Gasteiger partial charge in [-0.1, -0.05) is 54.6 Å². The van der Waals surface area contributed by atoms with Gasteiger partial charge in [0, 0.05) is 16.7 Å². The Balaban J connectivity index is 1.75. The average molecular weight is 379 g/mol. The Morgan fingerprint density at radius 1 is 0.857 bits per heavy atom. The summed E-state index contributed by atoms with van der Waals surface area (Å²) in [7, 11) is 0. The smallest absolute Gasteiger partial charge is 0.408 e. The summed E-state index contributed by atoms with van der Waals surface area (Å²) < 4.78 is 5.75. The second-order valence-electron chi connectivity index (χ2n) is 8.21. The van der Waals surface area contributed by atoms with Gasteiger partial charge in [0.2, 0.25) is 11.6 Å². The minimum Gasteiger partial charge on any atom is -0.438 e. The molecule has 1 amide bonds. The predicted molar refractivity (Wildman–Crippen MR) is 106 cm³/mol. The summed E-state index contributed by atoms with van der Waals surface area (Å²) in [5.74, 6) is -1.08. The largest absolute Gasteiger partial charge is 0.438 e. The zero-order chi connectivity index (χ0) is 20.4. The van der Waals surface area contributed by atoms with Crippen molar-refractivity contribution in [2.75, 3.05) is 0 Å². The van der Waals surface area contributed by atoms with E-state index >= 15 is 0 Å². The first-order valence-electron chi connectivity index (χ1n) is 9.46. The highest BCUT2D eigenvalue weighted by molar-refractivity contribution is 6.49. The molecule has 2 aromatic carbocycles. The number of hydrogen-bond acceptors (Lipinski definition) is 4. The van der Waals surface area contributed by atoms with E-state index in [1.807, 2.05) is 20.8 Å². The van der Waals surface area contributed by atoms with Crippen LogP contribution in [0.15, 0.2) is 54.6 Å². The lowest BCUT2D eigenvalue weighted by Crippen LogP contribution is -2.47. The quantitative estimate of drug-likeness (QED) is 0.606. The number of alkyl carbamates (subject to hydrolysis) is 1. The van der Waals surface area contributed by atoms with Gasteiger partial charge in [0.1, 0.15) is 5.60 Å². The van der Waals surface area contributed by atoms with Gasteiger partial charge in [-0.15, -0.1) is 0 Å². The molecule has 5 heteroatoms. The number of ether oxygens (including phenoxy) is 1. The molecule has 5 nitrogen and oxygen atoms in total. The second-order valence-corrected chi connectivity index (χ2v) is 8.21. The maximum Gasteiger partial charge on any atom is 0.408 e. The molecule has 0 heterocycles. The molecule has 0 aromatic heterocycles. The van der Waals surface area contributed by atoms with Crippen molar-refractivity contribution in [1.82, 2.24) is 5.32 Å². The fourth-order valence-electron chi connectivity index (χ4n) is 3.23. The van der Waals surface area contributed by atoms with Crippen LogP contribution in [0.4, 0.5) is 4.79 Å². The normalized spacial score (nSPS) is 15.2. The van der Waals surface area contributed by atoms with Gasteiger partial charge in [-0.05, 0) is 45.6 Å². The van der Waals surface area contributed by atoms with E-state index < -0.39 is 23.3 Å². The molecule has 146 valence electrons. The number of benzene rings is 2. The molecule has 1 aliphatic rings. The van der Waals surface area contributed by atoms with Gasteiger partial charge in [-0.25, -0.2) is 4.79 Å². The van der Waals surface area contributed by atoms with Crippen molar-refractivity contribution in [2.45, 2.75) is 51.2 Å². The van der Waals surface area contributed by atoms with E-state index in [4.69, 9.17) is 4.74 Å². The molecule has 0 bridgehead atoms. The first-order valence-corrected chi connectivity index (χ1v) is 9.46. The highest BCUT2D eigenvalue weighted by Gasteiger charge is 2.43. The third-order valence-corrected chi connectivity index (χ3v) is 4.84. The molecule has 1 aliphatic carbocycles. The van der Waals surface area contributed by atoms with Crippen LogP contribution in [0, 0.1) is 0 Å². The molecule has 0 saturated heterocycles. The fourth-order valence-corrected chi connectivity index (χ4v) is 3.23. The average Bonchev–Trinajstić information content (AvgIpc) is 2.63. The lowest BCUT2D eigenvalue weighted by molar-refractivity contribution is -0.0549. The van der Waals surface area contributed by atoms with Gasteiger partial charge < -0.3 is 10.1 Å². The monoisotopic (exact) mass is 379 g/mol. The van der Waals surface area contributed by atoms with E-state index in [0.29, 0.717) is 11.1 Å². The van der Waals surface area contributed by atoms with Crippen molar-refractivity contribution in [2.24, 2.45) is 0 Å². The topological polar surface area (TPSA) is 72.5 Å². The van der Waals surface area contributed by atoms with E-state index in [1.165, 1.54) is 0 Å². The predicted octanol–water partition coefficient (Wildman–Crippen LogP) is 4.66. The summed E-state index contributed by atoms with van der Waals surface area (Å²) in [6.45, 7) is 5.68. The van der Waals surface area contributed by atoms with Crippen molar-refractivity contribution in [3.63, 3.8) is 0 Å². The molecule has 1 saturated carbocycles. The Labute approximate surface area is 165 Å². The number of nitrogens with one attached hydrogen (secondary N) is 1. The first-order chi connectivity index (χ1) is 13.2. The molecule has 1 fully saturated rings. The molecular formula is C23H25NO4. The third-order valence-electron chi connectivity index (χ3n) is 4.84. The van der Waals surface area contributed by atoms with E-state index in [-0.39, 0.29) is 5.54 Å². The van der Waals surface area contributed by atoms with E-state index in [0.717, 1.165) is 24.8 Å². The summed E-state index contributed by atoms with van der Waals surface area (Å²) >= 11 is 0. The molecule has 1 N–H and O–H groups in total. The number of rotatable bonds is 5. The van der Waals surface area contributed by atoms with Gasteiger partial charge in [-0.2, -0.15) is 0 Å². The lowest BCUT2D eigenvalue weighted by atomic mass is 9.74. The highest BCUT2D eigenvalue weighted by atomic mass is 16.6. The maximum absolute atomic E-state index is 12.5. The number of ketones is 2. The Kier molecular flexibility index (Phi) is 5.36. The van der Waals surface area contributed by atoms with Gasteiger partial charge in [0.25, 0.3) is 0 Å². The van der Waals surface area contributed by atoms with Crippen LogP contribution in [0.2, 0.25) is 0 Å². The molecular weight excluding hydrogens is 354 g/mol. The van der Waals surface area contributed by atoms with Crippen molar-refractivity contribution >= 4 is 17.7 Å². The minimum atomic E-state index is -0.666. The molecule has 2 aromatic rings. The van der Waals surface area contributed by atoms with Crippen molar-refractivity contribution < 1.29 is 19.1 Å². The summed E-state index contributed by atoms with van der Waals surface area (Å²) in [4.78, 5) is 37.1. The SMILES string of the molecule is CC(C)(C)NC(=O)OC1(c2ccc(C(=O)C(=O)c3ccccc3)cc2)CCC1. The molecule has 0 spiro atoms. The summed E-state index contributed by atoms with van der Waals surface area (Å²) in [6, 6.07) is 15.3. The number of hydrogen-bond donors (Lipinski definition) is 1. The fraction of sp³-hybridized carbons (Fsp3) is 0.348. The maximum atomic E-state index is 12.5. The molecule has 0 radical (unpaired) electrons. The molecule has 28 heavy (non-hydrogen) atoms. The Hall–Kier alpha value is -2.95. The summed E-state index contributed by atoms with van der Waals surface area (Å²) in [5, 5.41) is 2.82. The minimum absolute atomic E-state index is 0.325. The van der Waals surface area contributed by atoms with Crippen molar-refractivity contribution in [1.29, 1.82) is 0 Å². The summed E-state index contributed by atoms with van der Waals surface area (Å²) in [5.41, 5.74) is 0.489. The van der Waals surface area contributed by atoms with E-state index in [2.05, 4.69) is 5.32 Å². The standard InChI is InChI=1S/C23H25NO4/c1-22(2,3)24-21(27)28-23(14-7-15-23)18-12-10-17(11-13-18)20(26)19(25)16-8-5-4-6-9-16/h4-6,8-13H,7,14-15H2,1-3H3,(H,24,27).